The van der Waals surface area contributed by atoms with Gasteiger partial charge in [0, 0.05) is 5.56 Å². The number of aromatic hydroxyl groups is 1. The molecule has 0 aliphatic heterocycles. The molecule has 82 valence electrons. The first-order valence-corrected chi connectivity index (χ1v) is 5.50. The Kier molecular flexibility index (Phi) is 2.98. The summed E-state index contributed by atoms with van der Waals surface area (Å²) in [6, 6.07) is 6.91. The highest BCUT2D eigenvalue weighted by Gasteiger charge is 2.10. The molecular weight excluding hydrogens is 295 g/mol. The third kappa shape index (κ3) is 1.96. The monoisotopic (exact) mass is 300 g/mol. The quantitative estimate of drug-likeness (QED) is 0.850. The molecule has 0 radical (unpaired) electrons. The Morgan fingerprint density at radius 1 is 1.38 bits per heavy atom. The van der Waals surface area contributed by atoms with E-state index in [1.807, 2.05) is 0 Å². The van der Waals surface area contributed by atoms with Gasteiger partial charge < -0.3 is 10.1 Å². The summed E-state index contributed by atoms with van der Waals surface area (Å²) in [6.45, 7) is 0. The molecule has 0 aliphatic carbocycles. The van der Waals surface area contributed by atoms with Gasteiger partial charge >= 0.3 is 0 Å². The van der Waals surface area contributed by atoms with Crippen LogP contribution in [-0.4, -0.2) is 15.1 Å². The number of nitrogens with one attached hydrogen (secondary N) is 1. The molecule has 2 rings (SSSR count). The van der Waals surface area contributed by atoms with Crippen LogP contribution in [-0.2, 0) is 0 Å². The van der Waals surface area contributed by atoms with Gasteiger partial charge in [-0.1, -0.05) is 23.7 Å². The van der Waals surface area contributed by atoms with E-state index in [-0.39, 0.29) is 16.2 Å². The third-order valence-electron chi connectivity index (χ3n) is 1.97. The highest BCUT2D eigenvalue weighted by Crippen LogP contribution is 2.26. The molecule has 0 bridgehead atoms. The van der Waals surface area contributed by atoms with E-state index in [4.69, 9.17) is 11.6 Å². The van der Waals surface area contributed by atoms with E-state index >= 15 is 0 Å². The van der Waals surface area contributed by atoms with E-state index in [2.05, 4.69) is 25.9 Å². The van der Waals surface area contributed by atoms with Crippen molar-refractivity contribution < 1.29 is 5.11 Å². The Balaban J connectivity index is 2.67. The van der Waals surface area contributed by atoms with Crippen molar-refractivity contribution in [3.8, 4) is 17.3 Å². The molecule has 0 aliphatic rings. The molecule has 0 saturated heterocycles. The number of halogens is 2. The number of hydrogen-bond donors (Lipinski definition) is 2. The molecule has 0 fully saturated rings. The fourth-order valence-corrected chi connectivity index (χ4v) is 1.64. The average molecular weight is 302 g/mol. The second kappa shape index (κ2) is 4.27. The van der Waals surface area contributed by atoms with Crippen molar-refractivity contribution in [2.75, 3.05) is 0 Å². The minimum absolute atomic E-state index is 0.00306. The molecule has 0 atom stereocenters. The minimum Gasteiger partial charge on any atom is -0.492 e. The van der Waals surface area contributed by atoms with Crippen LogP contribution >= 0.6 is 27.5 Å². The summed E-state index contributed by atoms with van der Waals surface area (Å²) in [5.74, 6) is -0.130. The Morgan fingerprint density at radius 3 is 2.69 bits per heavy atom. The van der Waals surface area contributed by atoms with E-state index in [1.165, 1.54) is 0 Å². The summed E-state index contributed by atoms with van der Waals surface area (Å²) in [7, 11) is 0. The lowest BCUT2D eigenvalue weighted by molar-refractivity contribution is 0.448. The molecule has 0 saturated carbocycles. The molecule has 1 heterocycles. The normalized spacial score (nSPS) is 10.4. The van der Waals surface area contributed by atoms with E-state index in [1.54, 1.807) is 24.3 Å². The van der Waals surface area contributed by atoms with Crippen molar-refractivity contribution in [2.24, 2.45) is 0 Å². The van der Waals surface area contributed by atoms with Crippen LogP contribution in [0.15, 0.2) is 33.5 Å². The maximum Gasteiger partial charge on any atom is 0.269 e. The van der Waals surface area contributed by atoms with Crippen LogP contribution in [0.3, 0.4) is 0 Å². The minimum atomic E-state index is -0.456. The van der Waals surface area contributed by atoms with Crippen LogP contribution in [0.25, 0.3) is 11.4 Å². The van der Waals surface area contributed by atoms with Crippen LogP contribution in [0.2, 0.25) is 5.02 Å². The molecule has 0 spiro atoms. The van der Waals surface area contributed by atoms with Crippen molar-refractivity contribution in [2.45, 2.75) is 0 Å². The Hall–Kier alpha value is -1.33. The van der Waals surface area contributed by atoms with Crippen LogP contribution < -0.4 is 5.56 Å². The van der Waals surface area contributed by atoms with Gasteiger partial charge in [-0.2, -0.15) is 4.98 Å². The van der Waals surface area contributed by atoms with Gasteiger partial charge in [-0.05, 0) is 28.1 Å². The van der Waals surface area contributed by atoms with E-state index in [9.17, 15) is 9.90 Å². The molecule has 2 N–H and O–H groups in total. The lowest BCUT2D eigenvalue weighted by Crippen LogP contribution is -2.09. The molecular formula is C10H6BrClN2O2. The molecule has 2 aromatic rings. The number of rotatable bonds is 1. The first kappa shape index (κ1) is 11.2. The number of nitrogens with zero attached hydrogens (tertiary/aromatic N) is 1. The van der Waals surface area contributed by atoms with Crippen molar-refractivity contribution >= 4 is 27.5 Å². The predicted octanol–water partition coefficient (Wildman–Crippen LogP) is 2.56. The van der Waals surface area contributed by atoms with Crippen LogP contribution in [0.1, 0.15) is 0 Å². The first-order valence-electron chi connectivity index (χ1n) is 4.33. The Bertz CT molecular complexity index is 598. The van der Waals surface area contributed by atoms with Gasteiger partial charge in [0.1, 0.15) is 10.3 Å². The van der Waals surface area contributed by atoms with Crippen molar-refractivity contribution in [3.63, 3.8) is 0 Å². The fourth-order valence-electron chi connectivity index (χ4n) is 1.23. The lowest BCUT2D eigenvalue weighted by Gasteiger charge is -2.04. The topological polar surface area (TPSA) is 66.0 Å². The van der Waals surface area contributed by atoms with Gasteiger partial charge in [0.15, 0.2) is 0 Å². The van der Waals surface area contributed by atoms with Gasteiger partial charge in [-0.15, -0.1) is 0 Å². The average Bonchev–Trinajstić information content (AvgIpc) is 2.26. The van der Waals surface area contributed by atoms with Gasteiger partial charge in [-0.3, -0.25) is 4.79 Å². The Labute approximate surface area is 104 Å². The molecule has 1 aromatic heterocycles. The van der Waals surface area contributed by atoms with E-state index in [0.29, 0.717) is 10.6 Å². The summed E-state index contributed by atoms with van der Waals surface area (Å²) in [5.41, 5.74) is 0.103. The third-order valence-corrected chi connectivity index (χ3v) is 3.02. The second-order valence-corrected chi connectivity index (χ2v) is 4.23. The van der Waals surface area contributed by atoms with E-state index in [0.717, 1.165) is 0 Å². The molecule has 6 heteroatoms. The molecule has 1 aromatic carbocycles. The van der Waals surface area contributed by atoms with Gasteiger partial charge in [0.2, 0.25) is 5.88 Å². The number of aromatic amines is 1. The smallest absolute Gasteiger partial charge is 0.269 e. The van der Waals surface area contributed by atoms with Crippen molar-refractivity contribution in [1.82, 2.24) is 9.97 Å². The number of H-pyrrole nitrogens is 1. The highest BCUT2D eigenvalue weighted by atomic mass is 79.9. The van der Waals surface area contributed by atoms with Crippen LogP contribution in [0, 0.1) is 0 Å². The lowest BCUT2D eigenvalue weighted by atomic mass is 10.2. The fraction of sp³-hybridized carbons (Fsp3) is 0. The van der Waals surface area contributed by atoms with E-state index < -0.39 is 5.56 Å². The summed E-state index contributed by atoms with van der Waals surface area (Å²) in [5, 5.41) is 9.86. The van der Waals surface area contributed by atoms with Crippen molar-refractivity contribution in [3.05, 3.63) is 44.1 Å². The predicted molar refractivity (Wildman–Crippen MR) is 64.7 cm³/mol. The van der Waals surface area contributed by atoms with Crippen LogP contribution in [0.5, 0.6) is 5.88 Å². The number of hydrogen-bond acceptors (Lipinski definition) is 3. The molecule has 4 nitrogen and oxygen atoms in total. The molecule has 0 amide bonds. The van der Waals surface area contributed by atoms with Crippen molar-refractivity contribution in [1.29, 1.82) is 0 Å². The van der Waals surface area contributed by atoms with Gasteiger partial charge in [0.05, 0.1) is 5.02 Å². The maximum absolute atomic E-state index is 11.4. The summed E-state index contributed by atoms with van der Waals surface area (Å²) in [4.78, 5) is 17.7. The molecule has 16 heavy (non-hydrogen) atoms. The van der Waals surface area contributed by atoms with Crippen LogP contribution in [0.4, 0.5) is 0 Å². The maximum atomic E-state index is 11.4. The van der Waals surface area contributed by atoms with Gasteiger partial charge in [0.25, 0.3) is 5.56 Å². The standard InChI is InChI=1S/C10H6BrClN2O2/c11-7-9(15)13-8(14-10(7)16)5-3-1-2-4-6(5)12/h1-4H,(H2,13,14,15,16). The Morgan fingerprint density at radius 2 is 2.06 bits per heavy atom. The second-order valence-electron chi connectivity index (χ2n) is 3.03. The zero-order valence-electron chi connectivity index (χ0n) is 7.87. The van der Waals surface area contributed by atoms with Gasteiger partial charge in [-0.25, -0.2) is 0 Å². The number of benzene rings is 1. The summed E-state index contributed by atoms with van der Waals surface area (Å²) >= 11 is 8.86. The zero-order valence-corrected chi connectivity index (χ0v) is 10.2. The largest absolute Gasteiger partial charge is 0.492 e. The number of aromatic nitrogens is 2. The summed E-state index contributed by atoms with van der Waals surface area (Å²) in [6.07, 6.45) is 0. The highest BCUT2D eigenvalue weighted by molar-refractivity contribution is 9.10. The first-order chi connectivity index (χ1) is 7.59. The molecule has 0 unspecified atom stereocenters. The SMILES string of the molecule is O=c1[nH]c(-c2ccccc2Cl)nc(O)c1Br. The summed E-state index contributed by atoms with van der Waals surface area (Å²) < 4.78 is 0.00306. The zero-order chi connectivity index (χ0) is 11.7.